The van der Waals surface area contributed by atoms with Crippen molar-refractivity contribution in [1.82, 2.24) is 19.7 Å². The van der Waals surface area contributed by atoms with Crippen LogP contribution >= 0.6 is 0 Å². The fourth-order valence-corrected chi connectivity index (χ4v) is 3.24. The van der Waals surface area contributed by atoms with E-state index in [-0.39, 0.29) is 17.7 Å². The molecule has 1 aromatic carbocycles. The lowest BCUT2D eigenvalue weighted by atomic mass is 10.1. The van der Waals surface area contributed by atoms with Crippen molar-refractivity contribution in [1.29, 1.82) is 5.26 Å². The molecule has 3 heterocycles. The van der Waals surface area contributed by atoms with Crippen molar-refractivity contribution < 1.29 is 19.4 Å². The highest BCUT2D eigenvalue weighted by molar-refractivity contribution is 5.86. The van der Waals surface area contributed by atoms with E-state index >= 15 is 0 Å². The monoisotopic (exact) mass is 420 g/mol. The topological polar surface area (TPSA) is 135 Å². The van der Waals surface area contributed by atoms with E-state index in [1.165, 1.54) is 10.7 Å². The maximum atomic E-state index is 11.1. The van der Waals surface area contributed by atoms with Gasteiger partial charge >= 0.3 is 5.97 Å². The number of nitrogens with one attached hydrogen (secondary N) is 1. The van der Waals surface area contributed by atoms with E-state index in [1.54, 1.807) is 31.4 Å². The summed E-state index contributed by atoms with van der Waals surface area (Å²) in [7, 11) is 1.62. The summed E-state index contributed by atoms with van der Waals surface area (Å²) in [4.78, 5) is 19.8. The quantitative estimate of drug-likeness (QED) is 0.617. The minimum Gasteiger partial charge on any atom is -0.489 e. The number of aromatic carboxylic acids is 1. The molecule has 1 saturated heterocycles. The molecule has 1 aliphatic heterocycles. The number of benzene rings is 1. The third kappa shape index (κ3) is 4.62. The minimum absolute atomic E-state index is 0.0381. The van der Waals surface area contributed by atoms with Gasteiger partial charge in [0, 0.05) is 37.7 Å². The normalized spacial score (nSPS) is 14.1. The molecule has 0 radical (unpaired) electrons. The Hall–Kier alpha value is -3.97. The molecule has 1 aliphatic rings. The second-order valence-electron chi connectivity index (χ2n) is 6.99. The summed E-state index contributed by atoms with van der Waals surface area (Å²) in [5.74, 6) is 0.137. The maximum Gasteiger partial charge on any atom is 0.356 e. The lowest BCUT2D eigenvalue weighted by Crippen LogP contribution is -2.26. The first-order valence-corrected chi connectivity index (χ1v) is 9.70. The number of rotatable bonds is 6. The van der Waals surface area contributed by atoms with Gasteiger partial charge in [-0.2, -0.15) is 10.4 Å². The maximum absolute atomic E-state index is 11.1. The zero-order valence-electron chi connectivity index (χ0n) is 16.8. The van der Waals surface area contributed by atoms with Gasteiger partial charge in [0.1, 0.15) is 23.7 Å². The van der Waals surface area contributed by atoms with Gasteiger partial charge < -0.3 is 19.9 Å². The van der Waals surface area contributed by atoms with Crippen LogP contribution in [0.2, 0.25) is 0 Å². The van der Waals surface area contributed by atoms with Gasteiger partial charge in [-0.25, -0.2) is 14.8 Å². The molecule has 2 N–H and O–H groups in total. The molecule has 1 fully saturated rings. The van der Waals surface area contributed by atoms with Gasteiger partial charge in [-0.1, -0.05) is 0 Å². The van der Waals surface area contributed by atoms with Crippen molar-refractivity contribution in [2.45, 2.75) is 18.9 Å². The van der Waals surface area contributed by atoms with Crippen LogP contribution < -0.4 is 10.1 Å². The first kappa shape index (κ1) is 20.3. The van der Waals surface area contributed by atoms with E-state index in [1.807, 2.05) is 6.07 Å². The zero-order chi connectivity index (χ0) is 21.8. The Bertz CT molecular complexity index is 1150. The summed E-state index contributed by atoms with van der Waals surface area (Å²) in [6, 6.07) is 10.7. The summed E-state index contributed by atoms with van der Waals surface area (Å²) < 4.78 is 12.7. The SMILES string of the molecule is Cn1nc(C(=O)O)cc1Nc1nccc(-c2ccc(OC3CCOCC3)c(C#N)c2)n1. The van der Waals surface area contributed by atoms with E-state index in [4.69, 9.17) is 14.6 Å². The smallest absolute Gasteiger partial charge is 0.356 e. The molecule has 0 aliphatic carbocycles. The Labute approximate surface area is 178 Å². The van der Waals surface area contributed by atoms with Crippen LogP contribution in [0.25, 0.3) is 11.3 Å². The molecule has 0 unspecified atom stereocenters. The predicted octanol–water partition coefficient (Wildman–Crippen LogP) is 2.75. The fraction of sp³-hybridized carbons (Fsp3) is 0.286. The van der Waals surface area contributed by atoms with Crippen LogP contribution in [0.1, 0.15) is 28.9 Å². The Balaban J connectivity index is 1.56. The van der Waals surface area contributed by atoms with Crippen molar-refractivity contribution >= 4 is 17.7 Å². The van der Waals surface area contributed by atoms with Gasteiger partial charge in [-0.05, 0) is 24.3 Å². The molecule has 10 heteroatoms. The average Bonchev–Trinajstić information content (AvgIpc) is 3.15. The van der Waals surface area contributed by atoms with Crippen molar-refractivity contribution in [3.63, 3.8) is 0 Å². The third-order valence-electron chi connectivity index (χ3n) is 4.85. The molecule has 0 bridgehead atoms. The van der Waals surface area contributed by atoms with Gasteiger partial charge in [0.15, 0.2) is 5.69 Å². The fourth-order valence-electron chi connectivity index (χ4n) is 3.24. The average molecular weight is 420 g/mol. The van der Waals surface area contributed by atoms with Crippen LogP contribution in [0.15, 0.2) is 36.5 Å². The van der Waals surface area contributed by atoms with Crippen LogP contribution in [-0.2, 0) is 11.8 Å². The second kappa shape index (κ2) is 8.81. The highest BCUT2D eigenvalue weighted by atomic mass is 16.5. The third-order valence-corrected chi connectivity index (χ3v) is 4.85. The summed E-state index contributed by atoms with van der Waals surface area (Å²) in [5, 5.41) is 25.5. The van der Waals surface area contributed by atoms with E-state index in [0.29, 0.717) is 36.0 Å². The molecule has 0 spiro atoms. The summed E-state index contributed by atoms with van der Waals surface area (Å²) >= 11 is 0. The lowest BCUT2D eigenvalue weighted by Gasteiger charge is -2.23. The Morgan fingerprint density at radius 1 is 1.32 bits per heavy atom. The number of nitriles is 1. The van der Waals surface area contributed by atoms with Crippen LogP contribution in [0.4, 0.5) is 11.8 Å². The Morgan fingerprint density at radius 3 is 2.84 bits per heavy atom. The van der Waals surface area contributed by atoms with Crippen LogP contribution in [0.5, 0.6) is 5.75 Å². The number of carboxylic acid groups (broad SMARTS) is 1. The number of aryl methyl sites for hydroxylation is 1. The molecule has 0 atom stereocenters. The number of aromatic nitrogens is 4. The molecule has 31 heavy (non-hydrogen) atoms. The molecule has 0 saturated carbocycles. The van der Waals surface area contributed by atoms with Gasteiger partial charge in [0.05, 0.1) is 24.5 Å². The van der Waals surface area contributed by atoms with E-state index in [2.05, 4.69) is 26.5 Å². The Kier molecular flexibility index (Phi) is 5.77. The second-order valence-corrected chi connectivity index (χ2v) is 6.99. The van der Waals surface area contributed by atoms with Crippen molar-refractivity contribution in [3.8, 4) is 23.1 Å². The zero-order valence-corrected chi connectivity index (χ0v) is 16.8. The van der Waals surface area contributed by atoms with Crippen LogP contribution in [0, 0.1) is 11.3 Å². The van der Waals surface area contributed by atoms with E-state index < -0.39 is 5.97 Å². The number of hydrogen-bond donors (Lipinski definition) is 2. The minimum atomic E-state index is -1.12. The first-order valence-electron chi connectivity index (χ1n) is 9.70. The first-order chi connectivity index (χ1) is 15.0. The van der Waals surface area contributed by atoms with Gasteiger partial charge in [0.2, 0.25) is 5.95 Å². The van der Waals surface area contributed by atoms with Gasteiger partial charge in [-0.3, -0.25) is 4.68 Å². The van der Waals surface area contributed by atoms with Crippen molar-refractivity contribution in [3.05, 3.63) is 47.8 Å². The summed E-state index contributed by atoms with van der Waals surface area (Å²) in [6.45, 7) is 1.32. The Morgan fingerprint density at radius 2 is 2.13 bits per heavy atom. The molecule has 3 aromatic rings. The largest absolute Gasteiger partial charge is 0.489 e. The molecule has 10 nitrogen and oxygen atoms in total. The number of anilines is 2. The lowest BCUT2D eigenvalue weighted by molar-refractivity contribution is 0.0254. The van der Waals surface area contributed by atoms with Gasteiger partial charge in [0.25, 0.3) is 0 Å². The summed E-state index contributed by atoms with van der Waals surface area (Å²) in [5.41, 5.74) is 1.68. The molecular formula is C21H20N6O4. The standard InChI is InChI=1S/C21H20N6O4/c1-27-19(11-17(26-27)20(28)29)25-21-23-7-4-16(24-21)13-2-3-18(14(10-13)12-22)31-15-5-8-30-9-6-15/h2-4,7,10-11,15H,5-6,8-9H2,1H3,(H,28,29)(H,23,24,25). The highest BCUT2D eigenvalue weighted by Gasteiger charge is 2.18. The number of ether oxygens (including phenoxy) is 2. The molecule has 4 rings (SSSR count). The number of hydrogen-bond acceptors (Lipinski definition) is 8. The number of nitrogens with zero attached hydrogens (tertiary/aromatic N) is 5. The number of carbonyl (C=O) groups is 1. The van der Waals surface area contributed by atoms with Crippen LogP contribution in [0.3, 0.4) is 0 Å². The van der Waals surface area contributed by atoms with Gasteiger partial charge in [-0.15, -0.1) is 0 Å². The van der Waals surface area contributed by atoms with Crippen molar-refractivity contribution in [2.24, 2.45) is 7.05 Å². The highest BCUT2D eigenvalue weighted by Crippen LogP contribution is 2.28. The molecule has 2 aromatic heterocycles. The van der Waals surface area contributed by atoms with E-state index in [9.17, 15) is 10.1 Å². The molecular weight excluding hydrogens is 400 g/mol. The predicted molar refractivity (Wildman–Crippen MR) is 110 cm³/mol. The van der Waals surface area contributed by atoms with E-state index in [0.717, 1.165) is 18.4 Å². The summed E-state index contributed by atoms with van der Waals surface area (Å²) in [6.07, 6.45) is 3.21. The molecule has 158 valence electrons. The molecule has 0 amide bonds. The number of carboxylic acids is 1. The van der Waals surface area contributed by atoms with Crippen LogP contribution in [-0.4, -0.2) is 50.1 Å². The van der Waals surface area contributed by atoms with Crippen molar-refractivity contribution in [2.75, 3.05) is 18.5 Å².